The quantitative estimate of drug-likeness (QED) is 0.505. The highest BCUT2D eigenvalue weighted by molar-refractivity contribution is 5.93. The summed E-state index contributed by atoms with van der Waals surface area (Å²) >= 11 is 0. The Bertz CT molecular complexity index is 374. The molecule has 0 radical (unpaired) electrons. The zero-order valence-electron chi connectivity index (χ0n) is 8.02. The minimum Gasteiger partial charge on any atom is -0.480 e. The number of carbonyl (C=O) groups excluding carboxylic acids is 1. The summed E-state index contributed by atoms with van der Waals surface area (Å²) in [6, 6.07) is -0.941. The molecule has 1 heterocycles. The van der Waals surface area contributed by atoms with E-state index >= 15 is 0 Å². The van der Waals surface area contributed by atoms with Gasteiger partial charge in [0.1, 0.15) is 6.04 Å². The van der Waals surface area contributed by atoms with Crippen LogP contribution < -0.4 is 11.1 Å². The van der Waals surface area contributed by atoms with E-state index in [1.54, 1.807) is 6.92 Å². The van der Waals surface area contributed by atoms with Gasteiger partial charge in [-0.15, -0.1) is 5.10 Å². The van der Waals surface area contributed by atoms with Crippen molar-refractivity contribution in [2.24, 2.45) is 0 Å². The van der Waals surface area contributed by atoms with Gasteiger partial charge >= 0.3 is 5.97 Å². The number of hydrogen-bond acceptors (Lipinski definition) is 5. The number of hydrogen-bond donors (Lipinski definition) is 4. The lowest BCUT2D eigenvalue weighted by atomic mass is 10.2. The highest BCUT2D eigenvalue weighted by Crippen LogP contribution is 1.96. The Labute approximate surface area is 84.9 Å². The average molecular weight is 213 g/mol. The molecule has 1 aromatic heterocycles. The SMILES string of the molecule is CC[C@@H](NC(=O)c1nc(N)n[nH]1)C(=O)O. The second-order valence-corrected chi connectivity index (χ2v) is 2.81. The third-order valence-corrected chi connectivity index (χ3v) is 1.73. The van der Waals surface area contributed by atoms with Gasteiger partial charge in [0.25, 0.3) is 5.91 Å². The van der Waals surface area contributed by atoms with E-state index in [0.717, 1.165) is 0 Å². The summed E-state index contributed by atoms with van der Waals surface area (Å²) in [6.45, 7) is 1.65. The fourth-order valence-corrected chi connectivity index (χ4v) is 0.941. The maximum Gasteiger partial charge on any atom is 0.326 e. The van der Waals surface area contributed by atoms with Crippen molar-refractivity contribution in [3.8, 4) is 0 Å². The molecule has 15 heavy (non-hydrogen) atoms. The molecule has 0 aliphatic rings. The number of nitrogen functional groups attached to an aromatic ring is 1. The molecule has 0 fully saturated rings. The Hall–Kier alpha value is -2.12. The Morgan fingerprint density at radius 3 is 2.73 bits per heavy atom. The van der Waals surface area contributed by atoms with Gasteiger partial charge in [-0.25, -0.2) is 4.79 Å². The van der Waals surface area contributed by atoms with Gasteiger partial charge in [0.2, 0.25) is 11.8 Å². The van der Waals surface area contributed by atoms with E-state index in [2.05, 4.69) is 20.5 Å². The van der Waals surface area contributed by atoms with E-state index < -0.39 is 17.9 Å². The summed E-state index contributed by atoms with van der Waals surface area (Å²) in [5.41, 5.74) is 5.19. The monoisotopic (exact) mass is 213 g/mol. The molecule has 5 N–H and O–H groups in total. The van der Waals surface area contributed by atoms with E-state index in [4.69, 9.17) is 10.8 Å². The Morgan fingerprint density at radius 1 is 1.67 bits per heavy atom. The molecular formula is C7H11N5O3. The molecule has 0 aromatic carbocycles. The van der Waals surface area contributed by atoms with Gasteiger partial charge in [-0.05, 0) is 6.42 Å². The number of aromatic nitrogens is 3. The number of carbonyl (C=O) groups is 2. The number of rotatable bonds is 4. The second-order valence-electron chi connectivity index (χ2n) is 2.81. The molecule has 0 bridgehead atoms. The van der Waals surface area contributed by atoms with Crippen LogP contribution in [0.1, 0.15) is 24.0 Å². The number of carboxylic acid groups (broad SMARTS) is 1. The van der Waals surface area contributed by atoms with E-state index in [1.807, 2.05) is 0 Å². The third-order valence-electron chi connectivity index (χ3n) is 1.73. The van der Waals surface area contributed by atoms with Crippen molar-refractivity contribution < 1.29 is 14.7 Å². The average Bonchev–Trinajstić information content (AvgIpc) is 2.60. The van der Waals surface area contributed by atoms with Gasteiger partial charge < -0.3 is 16.2 Å². The molecule has 8 heteroatoms. The van der Waals surface area contributed by atoms with Gasteiger partial charge in [0, 0.05) is 0 Å². The molecule has 0 spiro atoms. The number of nitrogens with two attached hydrogens (primary N) is 1. The third kappa shape index (κ3) is 2.66. The molecule has 0 aliphatic heterocycles. The Kier molecular flexibility index (Phi) is 3.21. The first kappa shape index (κ1) is 11.0. The first-order chi connectivity index (χ1) is 7.04. The predicted octanol–water partition coefficient (Wildman–Crippen LogP) is -1.02. The number of nitrogens with one attached hydrogen (secondary N) is 2. The normalized spacial score (nSPS) is 12.1. The fourth-order valence-electron chi connectivity index (χ4n) is 0.941. The molecule has 1 rings (SSSR count). The standard InChI is InChI=1S/C7H11N5O3/c1-2-3(6(14)15)9-5(13)4-10-7(8)12-11-4/h3H,2H2,1H3,(H,9,13)(H,14,15)(H3,8,10,11,12)/t3-/m1/s1. The number of anilines is 1. The summed E-state index contributed by atoms with van der Waals surface area (Å²) in [4.78, 5) is 25.5. The number of carboxylic acids is 1. The smallest absolute Gasteiger partial charge is 0.326 e. The lowest BCUT2D eigenvalue weighted by Gasteiger charge is -2.10. The van der Waals surface area contributed by atoms with Gasteiger partial charge in [0.05, 0.1) is 0 Å². The van der Waals surface area contributed by atoms with Crippen molar-refractivity contribution in [1.82, 2.24) is 20.5 Å². The van der Waals surface area contributed by atoms with Gasteiger partial charge in [0.15, 0.2) is 0 Å². The van der Waals surface area contributed by atoms with Crippen LogP contribution in [-0.4, -0.2) is 38.2 Å². The molecule has 1 atom stereocenters. The topological polar surface area (TPSA) is 134 Å². The zero-order chi connectivity index (χ0) is 11.4. The fraction of sp³-hybridized carbons (Fsp3) is 0.429. The minimum atomic E-state index is -1.10. The minimum absolute atomic E-state index is 0.0662. The van der Waals surface area contributed by atoms with Crippen LogP contribution in [0.4, 0.5) is 5.95 Å². The first-order valence-corrected chi connectivity index (χ1v) is 4.26. The zero-order valence-corrected chi connectivity index (χ0v) is 8.02. The van der Waals surface area contributed by atoms with Crippen molar-refractivity contribution in [2.45, 2.75) is 19.4 Å². The molecular weight excluding hydrogens is 202 g/mol. The van der Waals surface area contributed by atoms with Crippen LogP contribution in [0.2, 0.25) is 0 Å². The summed E-state index contributed by atoms with van der Waals surface area (Å²) in [7, 11) is 0. The van der Waals surface area contributed by atoms with Crippen LogP contribution in [0, 0.1) is 0 Å². The molecule has 0 saturated carbocycles. The molecule has 8 nitrogen and oxygen atoms in total. The maximum absolute atomic E-state index is 11.4. The molecule has 82 valence electrons. The van der Waals surface area contributed by atoms with Crippen LogP contribution in [0.25, 0.3) is 0 Å². The summed E-state index contributed by atoms with van der Waals surface area (Å²) in [5.74, 6) is -1.91. The lowest BCUT2D eigenvalue weighted by molar-refractivity contribution is -0.139. The number of aliphatic carboxylic acids is 1. The molecule has 0 aliphatic carbocycles. The number of amides is 1. The van der Waals surface area contributed by atoms with Crippen molar-refractivity contribution in [2.75, 3.05) is 5.73 Å². The lowest BCUT2D eigenvalue weighted by Crippen LogP contribution is -2.40. The maximum atomic E-state index is 11.4. The summed E-state index contributed by atoms with van der Waals surface area (Å²) < 4.78 is 0. The van der Waals surface area contributed by atoms with E-state index in [-0.39, 0.29) is 18.2 Å². The second kappa shape index (κ2) is 4.40. The van der Waals surface area contributed by atoms with Crippen molar-refractivity contribution in [3.63, 3.8) is 0 Å². The predicted molar refractivity (Wildman–Crippen MR) is 50.0 cm³/mol. The van der Waals surface area contributed by atoms with Crippen LogP contribution in [0.5, 0.6) is 0 Å². The molecule has 0 saturated heterocycles. The summed E-state index contributed by atoms with van der Waals surface area (Å²) in [6.07, 6.45) is 0.282. The van der Waals surface area contributed by atoms with Crippen molar-refractivity contribution >= 4 is 17.8 Å². The van der Waals surface area contributed by atoms with Crippen LogP contribution in [0.3, 0.4) is 0 Å². The van der Waals surface area contributed by atoms with Gasteiger partial charge in [-0.2, -0.15) is 4.98 Å². The van der Waals surface area contributed by atoms with E-state index in [0.29, 0.717) is 0 Å². The molecule has 1 amide bonds. The van der Waals surface area contributed by atoms with Crippen molar-refractivity contribution in [1.29, 1.82) is 0 Å². The molecule has 1 aromatic rings. The largest absolute Gasteiger partial charge is 0.480 e. The van der Waals surface area contributed by atoms with Crippen LogP contribution in [0.15, 0.2) is 0 Å². The number of H-pyrrole nitrogens is 1. The summed E-state index contributed by atoms with van der Waals surface area (Å²) in [5, 5.41) is 16.7. The number of nitrogens with zero attached hydrogens (tertiary/aromatic N) is 2. The van der Waals surface area contributed by atoms with Crippen LogP contribution >= 0.6 is 0 Å². The highest BCUT2D eigenvalue weighted by atomic mass is 16.4. The highest BCUT2D eigenvalue weighted by Gasteiger charge is 2.20. The van der Waals surface area contributed by atoms with Crippen LogP contribution in [-0.2, 0) is 4.79 Å². The van der Waals surface area contributed by atoms with E-state index in [9.17, 15) is 9.59 Å². The van der Waals surface area contributed by atoms with Crippen molar-refractivity contribution in [3.05, 3.63) is 5.82 Å². The number of aromatic amines is 1. The molecule has 0 unspecified atom stereocenters. The van der Waals surface area contributed by atoms with Gasteiger partial charge in [-0.3, -0.25) is 9.89 Å². The first-order valence-electron chi connectivity index (χ1n) is 4.26. The Balaban J connectivity index is 2.66. The Morgan fingerprint density at radius 2 is 2.33 bits per heavy atom. The van der Waals surface area contributed by atoms with Gasteiger partial charge in [-0.1, -0.05) is 6.92 Å². The van der Waals surface area contributed by atoms with E-state index in [1.165, 1.54) is 0 Å².